The van der Waals surface area contributed by atoms with Crippen molar-refractivity contribution in [2.75, 3.05) is 12.4 Å². The zero-order valence-corrected chi connectivity index (χ0v) is 14.9. The third kappa shape index (κ3) is 3.82. The molecule has 1 aromatic heterocycles. The van der Waals surface area contributed by atoms with Crippen LogP contribution in [0.4, 0.5) is 10.8 Å². The molecule has 0 aliphatic carbocycles. The number of thioether (sulfide) groups is 1. The van der Waals surface area contributed by atoms with Gasteiger partial charge in [-0.15, -0.1) is 11.3 Å². The minimum absolute atomic E-state index is 0.110. The van der Waals surface area contributed by atoms with E-state index in [2.05, 4.69) is 15.3 Å². The molecule has 1 aliphatic rings. The highest BCUT2D eigenvalue weighted by Gasteiger charge is 2.37. The van der Waals surface area contributed by atoms with Crippen LogP contribution in [0.1, 0.15) is 12.0 Å². The molecule has 0 spiro atoms. The fraction of sp³-hybridized carbons (Fsp3) is 0.250. The van der Waals surface area contributed by atoms with Gasteiger partial charge in [0.05, 0.1) is 0 Å². The van der Waals surface area contributed by atoms with E-state index in [9.17, 15) is 9.59 Å². The van der Waals surface area contributed by atoms with Crippen molar-refractivity contribution in [3.05, 3.63) is 41.4 Å². The minimum atomic E-state index is -0.460. The summed E-state index contributed by atoms with van der Waals surface area (Å²) in [4.78, 5) is 34.5. The van der Waals surface area contributed by atoms with Gasteiger partial charge in [0.2, 0.25) is 16.9 Å². The molecule has 0 bridgehead atoms. The number of aliphatic imine (C=N–C) groups is 1. The van der Waals surface area contributed by atoms with E-state index in [1.807, 2.05) is 36.6 Å². The third-order valence-electron chi connectivity index (χ3n) is 3.42. The standard InChI is InChI=1S/C16H16N4O2S2/c1-10-4-3-5-11(8-10)18-13(21)9-12-14(22)20(2)16(24-12)19-15-17-6-7-23-15/h3-8,12H,9H2,1-2H3,(H,18,21)/b19-16+. The van der Waals surface area contributed by atoms with Gasteiger partial charge in [0.1, 0.15) is 5.25 Å². The van der Waals surface area contributed by atoms with E-state index in [-0.39, 0.29) is 18.2 Å². The Hall–Kier alpha value is -2.19. The number of hydrogen-bond acceptors (Lipinski definition) is 6. The van der Waals surface area contributed by atoms with Gasteiger partial charge in [-0.2, -0.15) is 4.99 Å². The van der Waals surface area contributed by atoms with E-state index in [4.69, 9.17) is 0 Å². The van der Waals surface area contributed by atoms with Gasteiger partial charge in [0.15, 0.2) is 5.17 Å². The fourth-order valence-corrected chi connectivity index (χ4v) is 3.95. The number of aromatic nitrogens is 1. The number of anilines is 1. The lowest BCUT2D eigenvalue weighted by molar-refractivity contribution is -0.127. The third-order valence-corrected chi connectivity index (χ3v) is 5.32. The number of thiazole rings is 1. The van der Waals surface area contributed by atoms with Crippen molar-refractivity contribution in [2.24, 2.45) is 4.99 Å². The molecule has 1 unspecified atom stereocenters. The summed E-state index contributed by atoms with van der Waals surface area (Å²) >= 11 is 2.70. The molecule has 1 saturated heterocycles. The van der Waals surface area contributed by atoms with Crippen LogP contribution < -0.4 is 5.32 Å². The van der Waals surface area contributed by atoms with Crippen molar-refractivity contribution < 1.29 is 9.59 Å². The maximum Gasteiger partial charge on any atom is 0.242 e. The molecule has 1 atom stereocenters. The number of amides is 2. The van der Waals surface area contributed by atoms with E-state index >= 15 is 0 Å². The van der Waals surface area contributed by atoms with E-state index < -0.39 is 5.25 Å². The van der Waals surface area contributed by atoms with E-state index in [0.717, 1.165) is 11.3 Å². The molecule has 1 aliphatic heterocycles. The molecule has 1 aromatic carbocycles. The molecule has 3 rings (SSSR count). The fourth-order valence-electron chi connectivity index (χ4n) is 2.25. The molecule has 0 saturated carbocycles. The van der Waals surface area contributed by atoms with Gasteiger partial charge in [-0.25, -0.2) is 4.98 Å². The number of nitrogens with zero attached hydrogens (tertiary/aromatic N) is 3. The van der Waals surface area contributed by atoms with Gasteiger partial charge < -0.3 is 5.32 Å². The molecule has 2 amide bonds. The molecule has 2 heterocycles. The molecular weight excluding hydrogens is 344 g/mol. The van der Waals surface area contributed by atoms with Gasteiger partial charge in [0.25, 0.3) is 0 Å². The summed E-state index contributed by atoms with van der Waals surface area (Å²) in [6.45, 7) is 1.96. The van der Waals surface area contributed by atoms with Gasteiger partial charge in [-0.1, -0.05) is 23.9 Å². The molecule has 124 valence electrons. The largest absolute Gasteiger partial charge is 0.326 e. The quantitative estimate of drug-likeness (QED) is 0.909. The topological polar surface area (TPSA) is 74.7 Å². The van der Waals surface area contributed by atoms with Crippen LogP contribution in [-0.2, 0) is 9.59 Å². The first-order valence-electron chi connectivity index (χ1n) is 7.32. The van der Waals surface area contributed by atoms with Crippen LogP contribution in [0, 0.1) is 6.92 Å². The zero-order valence-electron chi connectivity index (χ0n) is 13.2. The smallest absolute Gasteiger partial charge is 0.242 e. The highest BCUT2D eigenvalue weighted by Crippen LogP contribution is 2.31. The molecule has 1 fully saturated rings. The molecule has 8 heteroatoms. The first-order chi connectivity index (χ1) is 11.5. The van der Waals surface area contributed by atoms with Crippen LogP contribution in [-0.4, -0.2) is 39.2 Å². The molecule has 6 nitrogen and oxygen atoms in total. The second-order valence-corrected chi connectivity index (χ2v) is 7.38. The summed E-state index contributed by atoms with van der Waals surface area (Å²) in [6, 6.07) is 7.56. The van der Waals surface area contributed by atoms with Crippen molar-refractivity contribution in [2.45, 2.75) is 18.6 Å². The van der Waals surface area contributed by atoms with E-state index in [0.29, 0.717) is 10.3 Å². The van der Waals surface area contributed by atoms with Crippen molar-refractivity contribution in [1.29, 1.82) is 0 Å². The summed E-state index contributed by atoms with van der Waals surface area (Å²) in [5.74, 6) is -0.301. The lowest BCUT2D eigenvalue weighted by atomic mass is 10.2. The maximum absolute atomic E-state index is 12.3. The van der Waals surface area contributed by atoms with E-state index in [1.54, 1.807) is 13.2 Å². The molecule has 24 heavy (non-hydrogen) atoms. The number of aryl methyl sites for hydroxylation is 1. The van der Waals surface area contributed by atoms with Crippen molar-refractivity contribution >= 4 is 50.9 Å². The van der Waals surface area contributed by atoms with Gasteiger partial charge in [-0.3, -0.25) is 14.5 Å². The number of benzene rings is 1. The monoisotopic (exact) mass is 360 g/mol. The Labute approximate surface area is 148 Å². The van der Waals surface area contributed by atoms with Crippen LogP contribution in [0.3, 0.4) is 0 Å². The van der Waals surface area contributed by atoms with Crippen LogP contribution >= 0.6 is 23.1 Å². The SMILES string of the molecule is Cc1cccc(NC(=O)CC2S/C(=N/c3nccs3)N(C)C2=O)c1. The maximum atomic E-state index is 12.3. The lowest BCUT2D eigenvalue weighted by Crippen LogP contribution is -2.30. The van der Waals surface area contributed by atoms with Gasteiger partial charge in [-0.05, 0) is 24.6 Å². The zero-order chi connectivity index (χ0) is 17.1. The van der Waals surface area contributed by atoms with Crippen LogP contribution in [0.15, 0.2) is 40.8 Å². The Bertz CT molecular complexity index is 789. The Morgan fingerprint density at radius 2 is 2.29 bits per heavy atom. The number of carbonyl (C=O) groups is 2. The van der Waals surface area contributed by atoms with Crippen molar-refractivity contribution in [3.63, 3.8) is 0 Å². The summed E-state index contributed by atoms with van der Waals surface area (Å²) in [5.41, 5.74) is 1.80. The predicted molar refractivity (Wildman–Crippen MR) is 97.8 cm³/mol. The Morgan fingerprint density at radius 3 is 3.00 bits per heavy atom. The highest BCUT2D eigenvalue weighted by atomic mass is 32.2. The number of hydrogen-bond donors (Lipinski definition) is 1. The summed E-state index contributed by atoms with van der Waals surface area (Å²) in [5, 5.41) is 5.37. The number of amidine groups is 1. The van der Waals surface area contributed by atoms with Gasteiger partial charge in [0, 0.05) is 30.7 Å². The molecule has 0 radical (unpaired) electrons. The lowest BCUT2D eigenvalue weighted by Gasteiger charge is -2.09. The van der Waals surface area contributed by atoms with Crippen LogP contribution in [0.2, 0.25) is 0 Å². The number of carbonyl (C=O) groups excluding carboxylic acids is 2. The highest BCUT2D eigenvalue weighted by molar-refractivity contribution is 8.15. The second kappa shape index (κ2) is 7.14. The van der Waals surface area contributed by atoms with Gasteiger partial charge >= 0.3 is 0 Å². The van der Waals surface area contributed by atoms with Crippen molar-refractivity contribution in [1.82, 2.24) is 9.88 Å². The average molecular weight is 360 g/mol. The average Bonchev–Trinajstić information content (AvgIpc) is 3.13. The molecule has 1 N–H and O–H groups in total. The Kier molecular flexibility index (Phi) is 4.96. The predicted octanol–water partition coefficient (Wildman–Crippen LogP) is 3.04. The Morgan fingerprint density at radius 1 is 1.46 bits per heavy atom. The minimum Gasteiger partial charge on any atom is -0.326 e. The number of nitrogens with one attached hydrogen (secondary N) is 1. The normalized spacial score (nSPS) is 19.1. The number of rotatable bonds is 4. The Balaban J connectivity index is 1.65. The van der Waals surface area contributed by atoms with E-state index in [1.165, 1.54) is 28.0 Å². The van der Waals surface area contributed by atoms with Crippen molar-refractivity contribution in [3.8, 4) is 0 Å². The molecular formula is C16H16N4O2S2. The summed E-state index contributed by atoms with van der Waals surface area (Å²) < 4.78 is 0. The van der Waals surface area contributed by atoms with Crippen LogP contribution in [0.5, 0.6) is 0 Å². The summed E-state index contributed by atoms with van der Waals surface area (Å²) in [7, 11) is 1.67. The first-order valence-corrected chi connectivity index (χ1v) is 9.08. The van der Waals surface area contributed by atoms with Crippen LogP contribution in [0.25, 0.3) is 0 Å². The second-order valence-electron chi connectivity index (χ2n) is 5.33. The summed E-state index contributed by atoms with van der Waals surface area (Å²) in [6.07, 6.45) is 1.77. The molecule has 2 aromatic rings. The first kappa shape index (κ1) is 16.7.